The number of hydrogen-bond donors (Lipinski definition) is 2. The first-order valence-corrected chi connectivity index (χ1v) is 9.75. The first-order chi connectivity index (χ1) is 12.2. The maximum absolute atomic E-state index is 6.10. The number of hydrogen-bond acceptors (Lipinski definition) is 5. The van der Waals surface area contributed by atoms with Crippen LogP contribution in [-0.4, -0.2) is 49.9 Å². The number of nitrogens with two attached hydrogens (primary N) is 1. The number of methoxy groups -OCH3 is 1. The molecule has 3 rings (SSSR count). The van der Waals surface area contributed by atoms with Crippen molar-refractivity contribution in [1.82, 2.24) is 4.90 Å². The van der Waals surface area contributed by atoms with E-state index in [0.717, 1.165) is 29.8 Å². The minimum Gasteiger partial charge on any atom is -0.497 e. The number of piperidine rings is 1. The summed E-state index contributed by atoms with van der Waals surface area (Å²) in [4.78, 5) is 2.69. The Bertz CT molecular complexity index is 536. The fraction of sp³-hybridized carbons (Fsp3) is 0.700. The van der Waals surface area contributed by atoms with Crippen molar-refractivity contribution < 1.29 is 9.47 Å². The highest BCUT2D eigenvalue weighted by Crippen LogP contribution is 2.30. The Morgan fingerprint density at radius 2 is 1.84 bits per heavy atom. The van der Waals surface area contributed by atoms with Crippen LogP contribution >= 0.6 is 0 Å². The second-order valence-corrected chi connectivity index (χ2v) is 7.29. The van der Waals surface area contributed by atoms with E-state index in [-0.39, 0.29) is 0 Å². The zero-order valence-corrected chi connectivity index (χ0v) is 15.7. The topological polar surface area (TPSA) is 59.8 Å². The standard InChI is InChI=1S/C20H33N3O2/c1-3-25-17-6-4-16(5-7-17)23-12-10-15(11-13-23)22-20-14-18(24-2)8-9-19(20)21/h8-9,14-17,22H,3-7,10-13,21H2,1-2H3. The zero-order valence-electron chi connectivity index (χ0n) is 15.7. The van der Waals surface area contributed by atoms with Gasteiger partial charge in [-0.2, -0.15) is 0 Å². The van der Waals surface area contributed by atoms with Crippen molar-refractivity contribution in [2.24, 2.45) is 0 Å². The van der Waals surface area contributed by atoms with Gasteiger partial charge in [-0.25, -0.2) is 0 Å². The van der Waals surface area contributed by atoms with E-state index in [1.54, 1.807) is 7.11 Å². The quantitative estimate of drug-likeness (QED) is 0.771. The molecule has 1 heterocycles. The van der Waals surface area contributed by atoms with E-state index in [4.69, 9.17) is 15.2 Å². The molecule has 140 valence electrons. The van der Waals surface area contributed by atoms with E-state index in [0.29, 0.717) is 12.1 Å². The van der Waals surface area contributed by atoms with Gasteiger partial charge in [-0.15, -0.1) is 0 Å². The van der Waals surface area contributed by atoms with Crippen LogP contribution in [0.5, 0.6) is 5.75 Å². The zero-order chi connectivity index (χ0) is 17.6. The molecular formula is C20H33N3O2. The molecule has 0 aromatic heterocycles. The molecule has 0 amide bonds. The lowest BCUT2D eigenvalue weighted by Crippen LogP contribution is -2.46. The van der Waals surface area contributed by atoms with Gasteiger partial charge >= 0.3 is 0 Å². The lowest BCUT2D eigenvalue weighted by molar-refractivity contribution is 0.00994. The highest BCUT2D eigenvalue weighted by atomic mass is 16.5. The number of anilines is 2. The number of ether oxygens (including phenoxy) is 2. The van der Waals surface area contributed by atoms with E-state index in [9.17, 15) is 0 Å². The van der Waals surface area contributed by atoms with E-state index in [1.807, 2.05) is 18.2 Å². The summed E-state index contributed by atoms with van der Waals surface area (Å²) < 4.78 is 11.1. The van der Waals surface area contributed by atoms with Gasteiger partial charge in [-0.3, -0.25) is 0 Å². The van der Waals surface area contributed by atoms with Crippen molar-refractivity contribution in [1.29, 1.82) is 0 Å². The summed E-state index contributed by atoms with van der Waals surface area (Å²) in [6, 6.07) is 7.05. The van der Waals surface area contributed by atoms with Crippen LogP contribution in [0.4, 0.5) is 11.4 Å². The van der Waals surface area contributed by atoms with Gasteiger partial charge in [0.05, 0.1) is 24.6 Å². The van der Waals surface area contributed by atoms with Crippen LogP contribution < -0.4 is 15.8 Å². The average Bonchev–Trinajstić information content (AvgIpc) is 2.65. The molecule has 1 aromatic carbocycles. The first kappa shape index (κ1) is 18.3. The molecule has 1 aliphatic heterocycles. The molecule has 0 spiro atoms. The molecule has 0 atom stereocenters. The van der Waals surface area contributed by atoms with Crippen LogP contribution in [0.1, 0.15) is 45.4 Å². The summed E-state index contributed by atoms with van der Waals surface area (Å²) in [6.45, 7) is 5.29. The maximum Gasteiger partial charge on any atom is 0.121 e. The maximum atomic E-state index is 6.10. The Morgan fingerprint density at radius 3 is 2.48 bits per heavy atom. The SMILES string of the molecule is CCOC1CCC(N2CCC(Nc3cc(OC)ccc3N)CC2)CC1. The van der Waals surface area contributed by atoms with E-state index in [1.165, 1.54) is 51.6 Å². The van der Waals surface area contributed by atoms with Gasteiger partial charge in [0.15, 0.2) is 0 Å². The Labute approximate surface area is 151 Å². The second-order valence-electron chi connectivity index (χ2n) is 7.29. The molecule has 1 saturated carbocycles. The third-order valence-electron chi connectivity index (χ3n) is 5.71. The fourth-order valence-corrected chi connectivity index (χ4v) is 4.23. The van der Waals surface area contributed by atoms with Crippen LogP contribution in [0.2, 0.25) is 0 Å². The van der Waals surface area contributed by atoms with Gasteiger partial charge in [0.2, 0.25) is 0 Å². The summed E-state index contributed by atoms with van der Waals surface area (Å²) in [5.41, 5.74) is 7.89. The monoisotopic (exact) mass is 347 g/mol. The fourth-order valence-electron chi connectivity index (χ4n) is 4.23. The molecule has 3 N–H and O–H groups in total. The predicted octanol–water partition coefficient (Wildman–Crippen LogP) is 3.50. The molecule has 0 radical (unpaired) electrons. The van der Waals surface area contributed by atoms with Crippen molar-refractivity contribution in [3.8, 4) is 5.75 Å². The van der Waals surface area contributed by atoms with Gasteiger partial charge in [-0.05, 0) is 57.6 Å². The van der Waals surface area contributed by atoms with E-state index >= 15 is 0 Å². The predicted molar refractivity (Wildman–Crippen MR) is 103 cm³/mol. The van der Waals surface area contributed by atoms with Crippen LogP contribution in [0.3, 0.4) is 0 Å². The van der Waals surface area contributed by atoms with Crippen molar-refractivity contribution in [2.75, 3.05) is 37.9 Å². The lowest BCUT2D eigenvalue weighted by Gasteiger charge is -2.41. The van der Waals surface area contributed by atoms with Crippen LogP contribution in [0.25, 0.3) is 0 Å². The average molecular weight is 348 g/mol. The molecule has 1 aromatic rings. The summed E-state index contributed by atoms with van der Waals surface area (Å²) in [5, 5.41) is 3.62. The molecule has 5 heteroatoms. The highest BCUT2D eigenvalue weighted by Gasteiger charge is 2.29. The molecule has 5 nitrogen and oxygen atoms in total. The summed E-state index contributed by atoms with van der Waals surface area (Å²) >= 11 is 0. The van der Waals surface area contributed by atoms with Gasteiger partial charge in [0.25, 0.3) is 0 Å². The largest absolute Gasteiger partial charge is 0.497 e. The molecular weight excluding hydrogens is 314 g/mol. The lowest BCUT2D eigenvalue weighted by atomic mass is 9.90. The number of nitrogens with zero attached hydrogens (tertiary/aromatic N) is 1. The smallest absolute Gasteiger partial charge is 0.121 e. The summed E-state index contributed by atoms with van der Waals surface area (Å²) in [5.74, 6) is 0.847. The minimum absolute atomic E-state index is 0.491. The highest BCUT2D eigenvalue weighted by molar-refractivity contribution is 5.68. The number of nitrogen functional groups attached to an aromatic ring is 1. The van der Waals surface area contributed by atoms with Gasteiger partial charge in [0, 0.05) is 37.8 Å². The molecule has 2 aliphatic rings. The molecule has 1 aliphatic carbocycles. The van der Waals surface area contributed by atoms with Gasteiger partial charge < -0.3 is 25.4 Å². The molecule has 2 fully saturated rings. The minimum atomic E-state index is 0.491. The summed E-state index contributed by atoms with van der Waals surface area (Å²) in [7, 11) is 1.69. The van der Waals surface area contributed by atoms with E-state index in [2.05, 4.69) is 17.1 Å². The molecule has 0 bridgehead atoms. The normalized spacial score (nSPS) is 25.7. The Hall–Kier alpha value is -1.46. The third kappa shape index (κ3) is 4.79. The molecule has 25 heavy (non-hydrogen) atoms. The summed E-state index contributed by atoms with van der Waals surface area (Å²) in [6.07, 6.45) is 7.84. The third-order valence-corrected chi connectivity index (χ3v) is 5.71. The van der Waals surface area contributed by atoms with Crippen molar-refractivity contribution in [3.05, 3.63) is 18.2 Å². The van der Waals surface area contributed by atoms with Crippen molar-refractivity contribution in [2.45, 2.75) is 63.6 Å². The van der Waals surface area contributed by atoms with Gasteiger partial charge in [-0.1, -0.05) is 0 Å². The number of likely N-dealkylation sites (tertiary alicyclic amines) is 1. The van der Waals surface area contributed by atoms with Crippen molar-refractivity contribution >= 4 is 11.4 Å². The van der Waals surface area contributed by atoms with E-state index < -0.39 is 0 Å². The molecule has 1 saturated heterocycles. The van der Waals surface area contributed by atoms with Crippen LogP contribution in [0, 0.1) is 0 Å². The van der Waals surface area contributed by atoms with Crippen LogP contribution in [0.15, 0.2) is 18.2 Å². The Balaban J connectivity index is 1.46. The van der Waals surface area contributed by atoms with Crippen molar-refractivity contribution in [3.63, 3.8) is 0 Å². The van der Waals surface area contributed by atoms with Gasteiger partial charge in [0.1, 0.15) is 5.75 Å². The number of benzene rings is 1. The first-order valence-electron chi connectivity index (χ1n) is 9.75. The van der Waals surface area contributed by atoms with Crippen LogP contribution in [-0.2, 0) is 4.74 Å². The number of rotatable bonds is 6. The Morgan fingerprint density at radius 1 is 1.12 bits per heavy atom. The Kier molecular flexibility index (Phi) is 6.43. The number of nitrogens with one attached hydrogen (secondary N) is 1. The second kappa shape index (κ2) is 8.77. The molecule has 0 unspecified atom stereocenters.